The molecule has 2 rings (SSSR count). The molecule has 0 atom stereocenters. The molecule has 106 valence electrons. The summed E-state index contributed by atoms with van der Waals surface area (Å²) in [6.45, 7) is 3.18. The molecular formula is C17H26O2. The van der Waals surface area contributed by atoms with Crippen molar-refractivity contribution in [2.45, 2.75) is 38.5 Å². The summed E-state index contributed by atoms with van der Waals surface area (Å²) in [6.07, 6.45) is 7.90. The number of rotatable bonds is 8. The second kappa shape index (κ2) is 9.11. The highest BCUT2D eigenvalue weighted by Crippen LogP contribution is 2.23. The van der Waals surface area contributed by atoms with Crippen LogP contribution >= 0.6 is 0 Å². The maximum atomic E-state index is 5.70. The fraction of sp³-hybridized carbons (Fsp3) is 0.647. The van der Waals surface area contributed by atoms with E-state index in [-0.39, 0.29) is 0 Å². The summed E-state index contributed by atoms with van der Waals surface area (Å²) >= 11 is 0. The molecule has 0 amide bonds. The molecule has 2 heteroatoms. The molecule has 0 unspecified atom stereocenters. The highest BCUT2D eigenvalue weighted by atomic mass is 16.5. The van der Waals surface area contributed by atoms with Crippen molar-refractivity contribution in [1.29, 1.82) is 0 Å². The molecule has 1 aliphatic carbocycles. The Hall–Kier alpha value is -0.860. The summed E-state index contributed by atoms with van der Waals surface area (Å²) in [5.74, 6) is 0.804. The predicted octanol–water partition coefficient (Wildman–Crippen LogP) is 3.84. The van der Waals surface area contributed by atoms with Gasteiger partial charge in [-0.2, -0.15) is 0 Å². The average Bonchev–Trinajstić information content (AvgIpc) is 2.48. The van der Waals surface area contributed by atoms with Gasteiger partial charge in [0.25, 0.3) is 0 Å². The number of hydrogen-bond acceptors (Lipinski definition) is 2. The van der Waals surface area contributed by atoms with Crippen LogP contribution in [0.1, 0.15) is 37.7 Å². The zero-order valence-corrected chi connectivity index (χ0v) is 11.9. The van der Waals surface area contributed by atoms with Crippen LogP contribution < -0.4 is 0 Å². The van der Waals surface area contributed by atoms with Crippen LogP contribution in [0, 0.1) is 5.92 Å². The van der Waals surface area contributed by atoms with Crippen LogP contribution in [0.4, 0.5) is 0 Å². The van der Waals surface area contributed by atoms with Gasteiger partial charge in [0.1, 0.15) is 0 Å². The second-order valence-electron chi connectivity index (χ2n) is 5.43. The van der Waals surface area contributed by atoms with E-state index in [1.165, 1.54) is 37.7 Å². The summed E-state index contributed by atoms with van der Waals surface area (Å²) in [4.78, 5) is 0. The second-order valence-corrected chi connectivity index (χ2v) is 5.43. The van der Waals surface area contributed by atoms with Crippen molar-refractivity contribution in [2.75, 3.05) is 26.4 Å². The van der Waals surface area contributed by atoms with Gasteiger partial charge in [-0.15, -0.1) is 0 Å². The van der Waals surface area contributed by atoms with E-state index < -0.39 is 0 Å². The van der Waals surface area contributed by atoms with E-state index in [2.05, 4.69) is 24.3 Å². The lowest BCUT2D eigenvalue weighted by molar-refractivity contribution is 0.0286. The molecule has 0 heterocycles. The molecule has 1 aliphatic rings. The molecule has 0 radical (unpaired) electrons. The van der Waals surface area contributed by atoms with Gasteiger partial charge >= 0.3 is 0 Å². The number of benzene rings is 1. The van der Waals surface area contributed by atoms with Crippen molar-refractivity contribution in [3.8, 4) is 0 Å². The molecule has 19 heavy (non-hydrogen) atoms. The van der Waals surface area contributed by atoms with Crippen LogP contribution in [0.15, 0.2) is 30.3 Å². The first-order valence-electron chi connectivity index (χ1n) is 7.64. The van der Waals surface area contributed by atoms with Gasteiger partial charge in [0, 0.05) is 6.61 Å². The molecule has 0 aliphatic heterocycles. The predicted molar refractivity (Wildman–Crippen MR) is 78.4 cm³/mol. The van der Waals surface area contributed by atoms with Crippen LogP contribution in [0.2, 0.25) is 0 Å². The molecule has 2 nitrogen and oxygen atoms in total. The van der Waals surface area contributed by atoms with Crippen LogP contribution in [0.5, 0.6) is 0 Å². The minimum Gasteiger partial charge on any atom is -0.379 e. The molecule has 0 saturated heterocycles. The molecule has 1 fully saturated rings. The molecule has 0 aromatic heterocycles. The number of ether oxygens (including phenoxy) is 2. The molecule has 0 spiro atoms. The van der Waals surface area contributed by atoms with E-state index in [9.17, 15) is 0 Å². The van der Waals surface area contributed by atoms with Crippen molar-refractivity contribution in [3.05, 3.63) is 35.9 Å². The van der Waals surface area contributed by atoms with Gasteiger partial charge in [-0.05, 0) is 30.7 Å². The Bertz CT molecular complexity index is 317. The van der Waals surface area contributed by atoms with Gasteiger partial charge in [-0.3, -0.25) is 0 Å². The molecule has 1 aromatic rings. The van der Waals surface area contributed by atoms with E-state index in [0.29, 0.717) is 0 Å². The van der Waals surface area contributed by atoms with E-state index in [4.69, 9.17) is 9.47 Å². The van der Waals surface area contributed by atoms with Crippen LogP contribution in [-0.2, 0) is 15.9 Å². The average molecular weight is 262 g/mol. The van der Waals surface area contributed by atoms with Crippen molar-refractivity contribution in [3.63, 3.8) is 0 Å². The Morgan fingerprint density at radius 2 is 1.58 bits per heavy atom. The summed E-state index contributed by atoms with van der Waals surface area (Å²) in [5.41, 5.74) is 1.34. The third-order valence-electron chi connectivity index (χ3n) is 3.83. The van der Waals surface area contributed by atoms with Crippen LogP contribution in [0.25, 0.3) is 0 Å². The molecule has 1 aromatic carbocycles. The van der Waals surface area contributed by atoms with Gasteiger partial charge < -0.3 is 9.47 Å². The lowest BCUT2D eigenvalue weighted by Crippen LogP contribution is -2.15. The normalized spacial score (nSPS) is 16.6. The van der Waals surface area contributed by atoms with Crippen LogP contribution in [-0.4, -0.2) is 26.4 Å². The third-order valence-corrected chi connectivity index (χ3v) is 3.83. The van der Waals surface area contributed by atoms with Crippen molar-refractivity contribution < 1.29 is 9.47 Å². The zero-order chi connectivity index (χ0) is 13.2. The third kappa shape index (κ3) is 6.22. The van der Waals surface area contributed by atoms with Gasteiger partial charge in [-0.25, -0.2) is 0 Å². The zero-order valence-electron chi connectivity index (χ0n) is 11.9. The van der Waals surface area contributed by atoms with Gasteiger partial charge in [0.15, 0.2) is 0 Å². The first-order valence-corrected chi connectivity index (χ1v) is 7.64. The smallest absolute Gasteiger partial charge is 0.0700 e. The summed E-state index contributed by atoms with van der Waals surface area (Å²) in [5, 5.41) is 0. The summed E-state index contributed by atoms with van der Waals surface area (Å²) in [7, 11) is 0. The Labute approximate surface area is 117 Å². The largest absolute Gasteiger partial charge is 0.379 e. The fourth-order valence-electron chi connectivity index (χ4n) is 2.66. The lowest BCUT2D eigenvalue weighted by Gasteiger charge is -2.21. The van der Waals surface area contributed by atoms with Crippen LogP contribution in [0.3, 0.4) is 0 Å². The van der Waals surface area contributed by atoms with Gasteiger partial charge in [0.2, 0.25) is 0 Å². The van der Waals surface area contributed by atoms with E-state index in [0.717, 1.165) is 38.8 Å². The minimum absolute atomic E-state index is 0.722. The molecule has 0 bridgehead atoms. The topological polar surface area (TPSA) is 18.5 Å². The monoisotopic (exact) mass is 262 g/mol. The van der Waals surface area contributed by atoms with E-state index >= 15 is 0 Å². The standard InChI is InChI=1S/C17H26O2/c1-3-7-16(8-4-1)11-12-18-13-14-19-15-17-9-5-2-6-10-17/h1,3-4,7-8,17H,2,5-6,9-15H2. The number of hydrogen-bond donors (Lipinski definition) is 0. The highest BCUT2D eigenvalue weighted by molar-refractivity contribution is 5.14. The maximum absolute atomic E-state index is 5.70. The maximum Gasteiger partial charge on any atom is 0.0700 e. The van der Waals surface area contributed by atoms with Gasteiger partial charge in [0.05, 0.1) is 19.8 Å². The summed E-state index contributed by atoms with van der Waals surface area (Å²) in [6, 6.07) is 10.5. The van der Waals surface area contributed by atoms with Crippen molar-refractivity contribution >= 4 is 0 Å². The first kappa shape index (κ1) is 14.5. The Morgan fingerprint density at radius 3 is 2.37 bits per heavy atom. The molecule has 0 N–H and O–H groups in total. The lowest BCUT2D eigenvalue weighted by atomic mass is 9.90. The van der Waals surface area contributed by atoms with Crippen molar-refractivity contribution in [1.82, 2.24) is 0 Å². The van der Waals surface area contributed by atoms with Crippen molar-refractivity contribution in [2.24, 2.45) is 5.92 Å². The Balaban J connectivity index is 1.42. The highest BCUT2D eigenvalue weighted by Gasteiger charge is 2.12. The first-order chi connectivity index (χ1) is 9.45. The SMILES string of the molecule is c1ccc(CCOCCOCC2CCCCC2)cc1. The minimum atomic E-state index is 0.722. The summed E-state index contributed by atoms with van der Waals surface area (Å²) < 4.78 is 11.3. The fourth-order valence-corrected chi connectivity index (χ4v) is 2.66. The van der Waals surface area contributed by atoms with Gasteiger partial charge in [-0.1, -0.05) is 49.6 Å². The molecular weight excluding hydrogens is 236 g/mol. The van der Waals surface area contributed by atoms with E-state index in [1.807, 2.05) is 6.07 Å². The Morgan fingerprint density at radius 1 is 0.842 bits per heavy atom. The quantitative estimate of drug-likeness (QED) is 0.663. The Kier molecular flexibility index (Phi) is 6.97. The van der Waals surface area contributed by atoms with E-state index in [1.54, 1.807) is 0 Å². The molecule has 1 saturated carbocycles.